The summed E-state index contributed by atoms with van der Waals surface area (Å²) >= 11 is 0. The van der Waals surface area contributed by atoms with Gasteiger partial charge in [0.1, 0.15) is 5.75 Å². The third-order valence-electron chi connectivity index (χ3n) is 3.97. The largest absolute Gasteiger partial charge is 0.495 e. The Hall–Kier alpha value is -1.79. The Labute approximate surface area is 124 Å². The predicted molar refractivity (Wildman–Crippen MR) is 77.5 cm³/mol. The fourth-order valence-electron chi connectivity index (χ4n) is 2.78. The number of piperidine rings is 1. The summed E-state index contributed by atoms with van der Waals surface area (Å²) in [6, 6.07) is 7.26. The lowest BCUT2D eigenvalue weighted by molar-refractivity contribution is -0.181. The molecular formula is C15H20N2O4. The number of carbonyl (C=O) groups is 1. The average Bonchev–Trinajstić information content (AvgIpc) is 2.96. The molecular weight excluding hydrogens is 272 g/mol. The zero-order chi connectivity index (χ0) is 14.7. The molecule has 0 bridgehead atoms. The SMILES string of the molecule is COc1ccccc1NC(=O)N1CCC2(CC1)OCCO2. The van der Waals surface area contributed by atoms with E-state index in [1.54, 1.807) is 12.0 Å². The molecule has 2 aliphatic heterocycles. The highest BCUT2D eigenvalue weighted by atomic mass is 16.7. The van der Waals surface area contributed by atoms with Gasteiger partial charge in [-0.05, 0) is 12.1 Å². The van der Waals surface area contributed by atoms with Gasteiger partial charge in [-0.15, -0.1) is 0 Å². The molecule has 0 unspecified atom stereocenters. The van der Waals surface area contributed by atoms with Gasteiger partial charge in [0.2, 0.25) is 0 Å². The smallest absolute Gasteiger partial charge is 0.321 e. The summed E-state index contributed by atoms with van der Waals surface area (Å²) in [4.78, 5) is 14.1. The van der Waals surface area contributed by atoms with Crippen LogP contribution in [0.25, 0.3) is 0 Å². The maximum atomic E-state index is 12.3. The van der Waals surface area contributed by atoms with E-state index in [1.165, 1.54) is 0 Å². The number of methoxy groups -OCH3 is 1. The van der Waals surface area contributed by atoms with Crippen LogP contribution in [0.4, 0.5) is 10.5 Å². The second kappa shape index (κ2) is 5.91. The van der Waals surface area contributed by atoms with Gasteiger partial charge < -0.3 is 24.4 Å². The van der Waals surface area contributed by atoms with Gasteiger partial charge in [-0.3, -0.25) is 0 Å². The molecule has 114 valence electrons. The van der Waals surface area contributed by atoms with Crippen LogP contribution < -0.4 is 10.1 Å². The van der Waals surface area contributed by atoms with Crippen molar-refractivity contribution in [3.05, 3.63) is 24.3 Å². The number of nitrogens with zero attached hydrogens (tertiary/aromatic N) is 1. The normalized spacial score (nSPS) is 20.5. The van der Waals surface area contributed by atoms with Crippen LogP contribution >= 0.6 is 0 Å². The van der Waals surface area contributed by atoms with Gasteiger partial charge in [-0.2, -0.15) is 0 Å². The first-order chi connectivity index (χ1) is 10.2. The minimum absolute atomic E-state index is 0.118. The number of hydrogen-bond donors (Lipinski definition) is 1. The van der Waals surface area contributed by atoms with Gasteiger partial charge in [0, 0.05) is 25.9 Å². The van der Waals surface area contributed by atoms with Crippen LogP contribution in [0, 0.1) is 0 Å². The van der Waals surface area contributed by atoms with Crippen molar-refractivity contribution in [2.24, 2.45) is 0 Å². The number of anilines is 1. The van der Waals surface area contributed by atoms with Crippen LogP contribution in [0.3, 0.4) is 0 Å². The highest BCUT2D eigenvalue weighted by molar-refractivity contribution is 5.91. The number of rotatable bonds is 2. The average molecular weight is 292 g/mol. The first-order valence-corrected chi connectivity index (χ1v) is 7.19. The van der Waals surface area contributed by atoms with E-state index in [9.17, 15) is 4.79 Å². The first kappa shape index (κ1) is 14.2. The third kappa shape index (κ3) is 2.96. The van der Waals surface area contributed by atoms with E-state index in [0.29, 0.717) is 50.6 Å². The lowest BCUT2D eigenvalue weighted by atomic mass is 10.0. The van der Waals surface area contributed by atoms with Crippen LogP contribution in [-0.2, 0) is 9.47 Å². The Morgan fingerprint density at radius 3 is 2.57 bits per heavy atom. The summed E-state index contributed by atoms with van der Waals surface area (Å²) in [6.07, 6.45) is 1.43. The van der Waals surface area contributed by atoms with Crippen molar-refractivity contribution in [2.75, 3.05) is 38.7 Å². The van der Waals surface area contributed by atoms with Crippen LogP contribution in [0.1, 0.15) is 12.8 Å². The summed E-state index contributed by atoms with van der Waals surface area (Å²) < 4.78 is 16.6. The summed E-state index contributed by atoms with van der Waals surface area (Å²) in [5.41, 5.74) is 0.679. The minimum Gasteiger partial charge on any atom is -0.495 e. The molecule has 21 heavy (non-hydrogen) atoms. The number of nitrogens with one attached hydrogen (secondary N) is 1. The Bertz CT molecular complexity index is 504. The van der Waals surface area contributed by atoms with E-state index in [0.717, 1.165) is 0 Å². The van der Waals surface area contributed by atoms with Crippen LogP contribution in [0.15, 0.2) is 24.3 Å². The number of likely N-dealkylation sites (tertiary alicyclic amines) is 1. The molecule has 6 nitrogen and oxygen atoms in total. The molecule has 2 saturated heterocycles. The zero-order valence-electron chi connectivity index (χ0n) is 12.1. The molecule has 1 spiro atoms. The zero-order valence-corrected chi connectivity index (χ0v) is 12.1. The van der Waals surface area contributed by atoms with Crippen molar-refractivity contribution in [3.63, 3.8) is 0 Å². The number of urea groups is 1. The van der Waals surface area contributed by atoms with E-state index < -0.39 is 5.79 Å². The van der Waals surface area contributed by atoms with E-state index >= 15 is 0 Å². The summed E-state index contributed by atoms with van der Waals surface area (Å²) in [5.74, 6) is 0.197. The minimum atomic E-state index is -0.457. The molecule has 2 aliphatic rings. The van der Waals surface area contributed by atoms with E-state index in [1.807, 2.05) is 24.3 Å². The van der Waals surface area contributed by atoms with Gasteiger partial charge >= 0.3 is 6.03 Å². The molecule has 6 heteroatoms. The molecule has 3 rings (SSSR count). The Kier molecular flexibility index (Phi) is 3.98. The lowest BCUT2D eigenvalue weighted by Crippen LogP contribution is -2.48. The number of amides is 2. The Balaban J connectivity index is 1.59. The Morgan fingerprint density at radius 1 is 1.24 bits per heavy atom. The highest BCUT2D eigenvalue weighted by Gasteiger charge is 2.40. The number of carbonyl (C=O) groups excluding carboxylic acids is 1. The highest BCUT2D eigenvalue weighted by Crippen LogP contribution is 2.31. The monoisotopic (exact) mass is 292 g/mol. The standard InChI is InChI=1S/C15H20N2O4/c1-19-13-5-3-2-4-12(13)16-14(18)17-8-6-15(7-9-17)20-10-11-21-15/h2-5H,6-11H2,1H3,(H,16,18). The molecule has 0 aromatic heterocycles. The van der Waals surface area contributed by atoms with Crippen LogP contribution in [0.2, 0.25) is 0 Å². The van der Waals surface area contributed by atoms with E-state index in [4.69, 9.17) is 14.2 Å². The van der Waals surface area contributed by atoms with Gasteiger partial charge in [-0.25, -0.2) is 4.79 Å². The van der Waals surface area contributed by atoms with Crippen LogP contribution in [0.5, 0.6) is 5.75 Å². The van der Waals surface area contributed by atoms with Gasteiger partial charge in [0.05, 0.1) is 26.0 Å². The molecule has 1 aromatic rings. The summed E-state index contributed by atoms with van der Waals surface area (Å²) in [7, 11) is 1.59. The van der Waals surface area contributed by atoms with Crippen molar-refractivity contribution in [1.29, 1.82) is 0 Å². The molecule has 0 radical (unpaired) electrons. The second-order valence-electron chi connectivity index (χ2n) is 5.23. The Morgan fingerprint density at radius 2 is 1.90 bits per heavy atom. The molecule has 1 aromatic carbocycles. The van der Waals surface area contributed by atoms with Crippen molar-refractivity contribution in [2.45, 2.75) is 18.6 Å². The summed E-state index contributed by atoms with van der Waals surface area (Å²) in [6.45, 7) is 2.54. The summed E-state index contributed by atoms with van der Waals surface area (Å²) in [5, 5.41) is 2.89. The van der Waals surface area contributed by atoms with Gasteiger partial charge in [0.15, 0.2) is 5.79 Å². The quantitative estimate of drug-likeness (QED) is 0.906. The van der Waals surface area contributed by atoms with Gasteiger partial charge in [-0.1, -0.05) is 12.1 Å². The first-order valence-electron chi connectivity index (χ1n) is 7.19. The third-order valence-corrected chi connectivity index (χ3v) is 3.97. The molecule has 0 aliphatic carbocycles. The molecule has 0 saturated carbocycles. The number of ether oxygens (including phenoxy) is 3. The fraction of sp³-hybridized carbons (Fsp3) is 0.533. The molecule has 2 fully saturated rings. The molecule has 1 N–H and O–H groups in total. The van der Waals surface area contributed by atoms with Gasteiger partial charge in [0.25, 0.3) is 0 Å². The van der Waals surface area contributed by atoms with E-state index in [-0.39, 0.29) is 6.03 Å². The van der Waals surface area contributed by atoms with E-state index in [2.05, 4.69) is 5.32 Å². The lowest BCUT2D eigenvalue weighted by Gasteiger charge is -2.37. The molecule has 0 atom stereocenters. The van der Waals surface area contributed by atoms with Crippen LogP contribution in [-0.4, -0.2) is 50.1 Å². The predicted octanol–water partition coefficient (Wildman–Crippen LogP) is 2.07. The second-order valence-corrected chi connectivity index (χ2v) is 5.23. The number of benzene rings is 1. The number of hydrogen-bond acceptors (Lipinski definition) is 4. The fourth-order valence-corrected chi connectivity index (χ4v) is 2.78. The van der Waals surface area contributed by atoms with Crippen molar-refractivity contribution >= 4 is 11.7 Å². The molecule has 2 heterocycles. The number of para-hydroxylation sites is 2. The topological polar surface area (TPSA) is 60.0 Å². The van der Waals surface area contributed by atoms with Crippen molar-refractivity contribution < 1.29 is 19.0 Å². The van der Waals surface area contributed by atoms with Crippen molar-refractivity contribution in [3.8, 4) is 5.75 Å². The molecule has 2 amide bonds. The van der Waals surface area contributed by atoms with Crippen molar-refractivity contribution in [1.82, 2.24) is 4.90 Å². The maximum Gasteiger partial charge on any atom is 0.321 e. The maximum absolute atomic E-state index is 12.3.